The lowest BCUT2D eigenvalue weighted by molar-refractivity contribution is -0.118. The third-order valence-corrected chi connectivity index (χ3v) is 5.51. The SMILES string of the molecule is CCn1c(SCC(=O)N/N=C\c2ccc(OC)cc2OC)nnc1-c1ccc(OC)cc1. The summed E-state index contributed by atoms with van der Waals surface area (Å²) < 4.78 is 17.7. The molecule has 10 heteroatoms. The predicted molar refractivity (Wildman–Crippen MR) is 124 cm³/mol. The second-order valence-corrected chi connectivity index (χ2v) is 7.41. The number of amides is 1. The Hall–Kier alpha value is -3.53. The van der Waals surface area contributed by atoms with E-state index >= 15 is 0 Å². The normalized spacial score (nSPS) is 10.9. The molecule has 9 nitrogen and oxygen atoms in total. The molecule has 0 fully saturated rings. The highest BCUT2D eigenvalue weighted by Crippen LogP contribution is 2.26. The Morgan fingerprint density at radius 2 is 1.78 bits per heavy atom. The number of carbonyl (C=O) groups is 1. The number of carbonyl (C=O) groups excluding carboxylic acids is 1. The summed E-state index contributed by atoms with van der Waals surface area (Å²) in [6.45, 7) is 2.68. The Morgan fingerprint density at radius 3 is 2.44 bits per heavy atom. The zero-order chi connectivity index (χ0) is 22.9. The van der Waals surface area contributed by atoms with E-state index in [4.69, 9.17) is 14.2 Å². The van der Waals surface area contributed by atoms with Crippen LogP contribution in [-0.2, 0) is 11.3 Å². The predicted octanol–water partition coefficient (Wildman–Crippen LogP) is 3.23. The van der Waals surface area contributed by atoms with Gasteiger partial charge in [-0.2, -0.15) is 5.10 Å². The summed E-state index contributed by atoms with van der Waals surface area (Å²) in [4.78, 5) is 12.2. The first-order valence-electron chi connectivity index (χ1n) is 9.84. The van der Waals surface area contributed by atoms with E-state index in [0.29, 0.717) is 23.2 Å². The molecule has 0 aliphatic heterocycles. The van der Waals surface area contributed by atoms with Gasteiger partial charge in [-0.05, 0) is 43.3 Å². The number of nitrogens with zero attached hydrogens (tertiary/aromatic N) is 4. The number of hydrazone groups is 1. The average molecular weight is 456 g/mol. The molecule has 0 atom stereocenters. The zero-order valence-electron chi connectivity index (χ0n) is 18.4. The molecule has 1 heterocycles. The summed E-state index contributed by atoms with van der Waals surface area (Å²) in [7, 11) is 4.77. The van der Waals surface area contributed by atoms with Gasteiger partial charge < -0.3 is 18.8 Å². The van der Waals surface area contributed by atoms with Crippen LogP contribution in [0.1, 0.15) is 12.5 Å². The number of hydrogen-bond donors (Lipinski definition) is 1. The smallest absolute Gasteiger partial charge is 0.250 e. The van der Waals surface area contributed by atoms with Crippen LogP contribution in [-0.4, -0.2) is 54.0 Å². The van der Waals surface area contributed by atoms with Gasteiger partial charge in [-0.1, -0.05) is 11.8 Å². The van der Waals surface area contributed by atoms with E-state index < -0.39 is 0 Å². The lowest BCUT2D eigenvalue weighted by Crippen LogP contribution is -2.20. The molecule has 0 unspecified atom stereocenters. The fourth-order valence-corrected chi connectivity index (χ4v) is 3.69. The van der Waals surface area contributed by atoms with E-state index in [1.807, 2.05) is 35.8 Å². The van der Waals surface area contributed by atoms with Gasteiger partial charge in [-0.3, -0.25) is 4.79 Å². The molecule has 0 aliphatic rings. The number of rotatable bonds is 10. The molecule has 1 amide bonds. The van der Waals surface area contributed by atoms with Gasteiger partial charge in [0.05, 0.1) is 33.3 Å². The number of hydrogen-bond acceptors (Lipinski definition) is 8. The fraction of sp³-hybridized carbons (Fsp3) is 0.273. The van der Waals surface area contributed by atoms with E-state index in [1.54, 1.807) is 39.5 Å². The fourth-order valence-electron chi connectivity index (χ4n) is 2.90. The quantitative estimate of drug-likeness (QED) is 0.285. The second kappa shape index (κ2) is 11.2. The van der Waals surface area contributed by atoms with E-state index in [-0.39, 0.29) is 11.7 Å². The standard InChI is InChI=1S/C22H25N5O4S/c1-5-27-21(15-6-9-17(29-2)10-7-15)25-26-22(27)32-14-20(28)24-23-13-16-8-11-18(30-3)12-19(16)31-4/h6-13H,5,14H2,1-4H3,(H,24,28)/b23-13-. The van der Waals surface area contributed by atoms with E-state index in [0.717, 1.165) is 22.7 Å². The Balaban J connectivity index is 1.60. The van der Waals surface area contributed by atoms with Gasteiger partial charge in [0.2, 0.25) is 0 Å². The van der Waals surface area contributed by atoms with Crippen molar-refractivity contribution in [2.45, 2.75) is 18.6 Å². The summed E-state index contributed by atoms with van der Waals surface area (Å²) in [5.41, 5.74) is 4.17. The highest BCUT2D eigenvalue weighted by molar-refractivity contribution is 7.99. The summed E-state index contributed by atoms with van der Waals surface area (Å²) in [6.07, 6.45) is 1.52. The number of benzene rings is 2. The minimum atomic E-state index is -0.254. The van der Waals surface area contributed by atoms with Crippen LogP contribution >= 0.6 is 11.8 Å². The van der Waals surface area contributed by atoms with Crippen LogP contribution in [0.3, 0.4) is 0 Å². The summed E-state index contributed by atoms with van der Waals surface area (Å²) >= 11 is 1.30. The minimum Gasteiger partial charge on any atom is -0.497 e. The first-order valence-corrected chi connectivity index (χ1v) is 10.8. The van der Waals surface area contributed by atoms with Crippen molar-refractivity contribution in [3.05, 3.63) is 48.0 Å². The monoisotopic (exact) mass is 455 g/mol. The molecule has 32 heavy (non-hydrogen) atoms. The van der Waals surface area contributed by atoms with Crippen LogP contribution in [0.15, 0.2) is 52.7 Å². The largest absolute Gasteiger partial charge is 0.497 e. The maximum atomic E-state index is 12.2. The molecule has 3 rings (SSSR count). The molecule has 1 N–H and O–H groups in total. The van der Waals surface area contributed by atoms with Gasteiger partial charge in [0.15, 0.2) is 11.0 Å². The van der Waals surface area contributed by atoms with Gasteiger partial charge >= 0.3 is 0 Å². The molecule has 0 saturated carbocycles. The van der Waals surface area contributed by atoms with Gasteiger partial charge in [0.1, 0.15) is 17.2 Å². The highest BCUT2D eigenvalue weighted by atomic mass is 32.2. The van der Waals surface area contributed by atoms with Gasteiger partial charge in [0, 0.05) is 23.7 Å². The molecule has 3 aromatic rings. The minimum absolute atomic E-state index is 0.151. The van der Waals surface area contributed by atoms with Crippen molar-refractivity contribution in [1.82, 2.24) is 20.2 Å². The number of methoxy groups -OCH3 is 3. The number of thioether (sulfide) groups is 1. The molecular formula is C22H25N5O4S. The first-order chi connectivity index (χ1) is 15.6. The van der Waals surface area contributed by atoms with Crippen molar-refractivity contribution < 1.29 is 19.0 Å². The third kappa shape index (κ3) is 5.58. The Kier molecular flexibility index (Phi) is 8.09. The van der Waals surface area contributed by atoms with E-state index in [2.05, 4.69) is 20.7 Å². The van der Waals surface area contributed by atoms with Crippen LogP contribution in [0.25, 0.3) is 11.4 Å². The summed E-state index contributed by atoms with van der Waals surface area (Å²) in [5, 5.41) is 13.2. The number of aromatic nitrogens is 3. The van der Waals surface area contributed by atoms with Crippen LogP contribution in [0.4, 0.5) is 0 Å². The Morgan fingerprint density at radius 1 is 1.06 bits per heavy atom. The lowest BCUT2D eigenvalue weighted by atomic mass is 10.2. The zero-order valence-corrected chi connectivity index (χ0v) is 19.2. The van der Waals surface area contributed by atoms with Gasteiger partial charge in [0.25, 0.3) is 5.91 Å². The van der Waals surface area contributed by atoms with Crippen molar-refractivity contribution >= 4 is 23.9 Å². The average Bonchev–Trinajstić information content (AvgIpc) is 3.25. The maximum absolute atomic E-state index is 12.2. The highest BCUT2D eigenvalue weighted by Gasteiger charge is 2.14. The van der Waals surface area contributed by atoms with E-state index in [9.17, 15) is 4.79 Å². The molecule has 0 radical (unpaired) electrons. The molecule has 0 saturated heterocycles. The van der Waals surface area contributed by atoms with Crippen LogP contribution in [0, 0.1) is 0 Å². The van der Waals surface area contributed by atoms with Crippen molar-refractivity contribution in [1.29, 1.82) is 0 Å². The second-order valence-electron chi connectivity index (χ2n) is 6.47. The number of ether oxygens (including phenoxy) is 3. The van der Waals surface area contributed by atoms with Crippen LogP contribution in [0.5, 0.6) is 17.2 Å². The summed E-state index contributed by atoms with van der Waals surface area (Å²) in [6, 6.07) is 12.9. The van der Waals surface area contributed by atoms with Crippen molar-refractivity contribution in [3.63, 3.8) is 0 Å². The molecule has 0 spiro atoms. The molecule has 0 aliphatic carbocycles. The van der Waals surface area contributed by atoms with E-state index in [1.165, 1.54) is 18.0 Å². The Bertz CT molecular complexity index is 1080. The topological polar surface area (TPSA) is 99.9 Å². The molecule has 2 aromatic carbocycles. The number of nitrogens with one attached hydrogen (secondary N) is 1. The van der Waals surface area contributed by atoms with Gasteiger partial charge in [-0.15, -0.1) is 10.2 Å². The third-order valence-electron chi connectivity index (χ3n) is 4.55. The molecule has 0 bridgehead atoms. The first kappa shape index (κ1) is 23.1. The van der Waals surface area contributed by atoms with Gasteiger partial charge in [-0.25, -0.2) is 5.43 Å². The lowest BCUT2D eigenvalue weighted by Gasteiger charge is -2.08. The van der Waals surface area contributed by atoms with Crippen LogP contribution in [0.2, 0.25) is 0 Å². The van der Waals surface area contributed by atoms with Crippen LogP contribution < -0.4 is 19.6 Å². The van der Waals surface area contributed by atoms with Crippen molar-refractivity contribution in [3.8, 4) is 28.6 Å². The van der Waals surface area contributed by atoms with Crippen molar-refractivity contribution in [2.75, 3.05) is 27.1 Å². The molecule has 1 aromatic heterocycles. The summed E-state index contributed by atoms with van der Waals surface area (Å²) in [5.74, 6) is 2.68. The maximum Gasteiger partial charge on any atom is 0.250 e. The van der Waals surface area contributed by atoms with Crippen molar-refractivity contribution in [2.24, 2.45) is 5.10 Å². The molecular weight excluding hydrogens is 430 g/mol. The Labute approximate surface area is 190 Å². The molecule has 168 valence electrons.